The second-order valence-electron chi connectivity index (χ2n) is 8.26. The highest BCUT2D eigenvalue weighted by Crippen LogP contribution is 2.38. The van der Waals surface area contributed by atoms with Crippen molar-refractivity contribution in [3.05, 3.63) is 41.1 Å². The lowest BCUT2D eigenvalue weighted by atomic mass is 10.2. The third-order valence-corrected chi connectivity index (χ3v) is 7.35. The molecule has 1 aliphatic rings. The molecule has 0 spiro atoms. The number of methoxy groups -OCH3 is 1. The smallest absolute Gasteiger partial charge is 0.235 e. The lowest BCUT2D eigenvalue weighted by molar-refractivity contribution is -0.113. The summed E-state index contributed by atoms with van der Waals surface area (Å²) in [5.74, 6) is 2.00. The average Bonchev–Trinajstić information content (AvgIpc) is 3.52. The standard InChI is InChI=1S/C24H28N6O2S/c1-15-16(2)30(17-9-5-6-10-17)22(19(15)13-25)26-21(31)14-33-24-28-27-23(29(24)3)18-11-7-8-12-20(18)32-4/h7-8,11-12,17H,5-6,9-10,14H2,1-4H3,(H,26,31). The van der Waals surface area contributed by atoms with Crippen LogP contribution in [0.25, 0.3) is 11.4 Å². The maximum absolute atomic E-state index is 12.9. The number of ether oxygens (including phenoxy) is 1. The normalized spacial score (nSPS) is 13.8. The van der Waals surface area contributed by atoms with Crippen LogP contribution in [0.1, 0.15) is 48.5 Å². The Hall–Kier alpha value is -3.25. The summed E-state index contributed by atoms with van der Waals surface area (Å²) in [6, 6.07) is 10.2. The van der Waals surface area contributed by atoms with E-state index in [9.17, 15) is 10.1 Å². The maximum atomic E-state index is 12.9. The average molecular weight is 465 g/mol. The van der Waals surface area contributed by atoms with E-state index in [2.05, 4.69) is 26.2 Å². The molecule has 4 rings (SSSR count). The minimum absolute atomic E-state index is 0.163. The second kappa shape index (κ2) is 9.71. The van der Waals surface area contributed by atoms with Crippen molar-refractivity contribution in [2.24, 2.45) is 7.05 Å². The summed E-state index contributed by atoms with van der Waals surface area (Å²) in [6.45, 7) is 3.97. The van der Waals surface area contributed by atoms with Crippen LogP contribution < -0.4 is 10.1 Å². The molecule has 0 aliphatic heterocycles. The van der Waals surface area contributed by atoms with Gasteiger partial charge in [-0.15, -0.1) is 10.2 Å². The first-order chi connectivity index (χ1) is 16.0. The van der Waals surface area contributed by atoms with Gasteiger partial charge in [-0.1, -0.05) is 36.7 Å². The van der Waals surface area contributed by atoms with Gasteiger partial charge in [0.25, 0.3) is 0 Å². The molecule has 3 aromatic rings. The molecule has 172 valence electrons. The molecule has 0 saturated heterocycles. The van der Waals surface area contributed by atoms with E-state index in [1.807, 2.05) is 49.7 Å². The summed E-state index contributed by atoms with van der Waals surface area (Å²) >= 11 is 1.31. The topological polar surface area (TPSA) is 97.8 Å². The molecule has 1 aliphatic carbocycles. The van der Waals surface area contributed by atoms with Crippen molar-refractivity contribution < 1.29 is 9.53 Å². The fourth-order valence-corrected chi connectivity index (χ4v) is 5.22. The highest BCUT2D eigenvalue weighted by atomic mass is 32.2. The summed E-state index contributed by atoms with van der Waals surface area (Å²) in [4.78, 5) is 12.9. The van der Waals surface area contributed by atoms with E-state index in [0.717, 1.165) is 29.7 Å². The first-order valence-electron chi connectivity index (χ1n) is 11.0. The lowest BCUT2D eigenvalue weighted by Gasteiger charge is -2.19. The molecule has 2 heterocycles. The van der Waals surface area contributed by atoms with Crippen molar-refractivity contribution >= 4 is 23.5 Å². The minimum atomic E-state index is -0.171. The van der Waals surface area contributed by atoms with Gasteiger partial charge in [0.15, 0.2) is 11.0 Å². The molecule has 1 N–H and O–H groups in total. The number of amides is 1. The Morgan fingerprint density at radius 2 is 2.00 bits per heavy atom. The number of aromatic nitrogens is 4. The molecular formula is C24H28N6O2S. The van der Waals surface area contributed by atoms with Gasteiger partial charge in [-0.25, -0.2) is 0 Å². The quantitative estimate of drug-likeness (QED) is 0.512. The number of hydrogen-bond donors (Lipinski definition) is 1. The van der Waals surface area contributed by atoms with Gasteiger partial charge < -0.3 is 19.2 Å². The Morgan fingerprint density at radius 1 is 1.27 bits per heavy atom. The predicted molar refractivity (Wildman–Crippen MR) is 128 cm³/mol. The number of nitrogens with zero attached hydrogens (tertiary/aromatic N) is 5. The molecule has 1 saturated carbocycles. The van der Waals surface area contributed by atoms with E-state index < -0.39 is 0 Å². The Kier molecular flexibility index (Phi) is 6.75. The number of carbonyl (C=O) groups excluding carboxylic acids is 1. The third kappa shape index (κ3) is 4.35. The van der Waals surface area contributed by atoms with E-state index in [1.165, 1.54) is 24.6 Å². The van der Waals surface area contributed by atoms with Crippen molar-refractivity contribution in [2.75, 3.05) is 18.2 Å². The molecule has 33 heavy (non-hydrogen) atoms. The maximum Gasteiger partial charge on any atom is 0.235 e. The molecule has 8 nitrogen and oxygen atoms in total. The number of benzene rings is 1. The third-order valence-electron chi connectivity index (χ3n) is 6.33. The fraction of sp³-hybridized carbons (Fsp3) is 0.417. The van der Waals surface area contributed by atoms with Crippen LogP contribution in [0.2, 0.25) is 0 Å². The molecule has 0 atom stereocenters. The van der Waals surface area contributed by atoms with Crippen LogP contribution in [0.3, 0.4) is 0 Å². The monoisotopic (exact) mass is 464 g/mol. The van der Waals surface area contributed by atoms with Crippen LogP contribution in [-0.2, 0) is 11.8 Å². The van der Waals surface area contributed by atoms with Crippen LogP contribution >= 0.6 is 11.8 Å². The Labute approximate surface area is 198 Å². The van der Waals surface area contributed by atoms with Crippen molar-refractivity contribution in [3.8, 4) is 23.2 Å². The van der Waals surface area contributed by atoms with Gasteiger partial charge in [-0.3, -0.25) is 4.79 Å². The van der Waals surface area contributed by atoms with Crippen LogP contribution in [-0.4, -0.2) is 38.1 Å². The SMILES string of the molecule is COc1ccccc1-c1nnc(SCC(=O)Nc2c(C#N)c(C)c(C)n2C2CCCC2)n1C. The number of carbonyl (C=O) groups is 1. The largest absolute Gasteiger partial charge is 0.496 e. The van der Waals surface area contributed by atoms with Gasteiger partial charge in [-0.2, -0.15) is 5.26 Å². The van der Waals surface area contributed by atoms with Crippen LogP contribution in [0.4, 0.5) is 5.82 Å². The Bertz CT molecular complexity index is 1220. The van der Waals surface area contributed by atoms with Crippen LogP contribution in [0.5, 0.6) is 5.75 Å². The van der Waals surface area contributed by atoms with E-state index in [1.54, 1.807) is 7.11 Å². The molecule has 9 heteroatoms. The van der Waals surface area contributed by atoms with Crippen LogP contribution in [0, 0.1) is 25.2 Å². The van der Waals surface area contributed by atoms with Crippen molar-refractivity contribution in [1.29, 1.82) is 5.26 Å². The molecule has 0 radical (unpaired) electrons. The first-order valence-corrected chi connectivity index (χ1v) is 12.0. The highest BCUT2D eigenvalue weighted by molar-refractivity contribution is 7.99. The number of thioether (sulfide) groups is 1. The van der Waals surface area contributed by atoms with Gasteiger partial charge in [0.05, 0.1) is 24.0 Å². The number of nitrogens with one attached hydrogen (secondary N) is 1. The fourth-order valence-electron chi connectivity index (χ4n) is 4.51. The minimum Gasteiger partial charge on any atom is -0.496 e. The molecule has 1 fully saturated rings. The molecule has 0 bridgehead atoms. The highest BCUT2D eigenvalue weighted by Gasteiger charge is 2.27. The van der Waals surface area contributed by atoms with Gasteiger partial charge >= 0.3 is 0 Å². The van der Waals surface area contributed by atoms with E-state index in [-0.39, 0.29) is 11.7 Å². The van der Waals surface area contributed by atoms with Gasteiger partial charge in [0.2, 0.25) is 5.91 Å². The zero-order valence-corrected chi connectivity index (χ0v) is 20.2. The summed E-state index contributed by atoms with van der Waals surface area (Å²) in [5, 5.41) is 21.9. The van der Waals surface area contributed by atoms with Crippen molar-refractivity contribution in [1.82, 2.24) is 19.3 Å². The van der Waals surface area contributed by atoms with E-state index in [0.29, 0.717) is 34.2 Å². The van der Waals surface area contributed by atoms with E-state index >= 15 is 0 Å². The zero-order valence-electron chi connectivity index (χ0n) is 19.4. The van der Waals surface area contributed by atoms with Crippen molar-refractivity contribution in [3.63, 3.8) is 0 Å². The van der Waals surface area contributed by atoms with Crippen molar-refractivity contribution in [2.45, 2.75) is 50.7 Å². The second-order valence-corrected chi connectivity index (χ2v) is 9.20. The molecule has 0 unspecified atom stereocenters. The lowest BCUT2D eigenvalue weighted by Crippen LogP contribution is -2.20. The summed E-state index contributed by atoms with van der Waals surface area (Å²) in [5.41, 5.74) is 3.37. The predicted octanol–water partition coefficient (Wildman–Crippen LogP) is 4.63. The number of para-hydroxylation sites is 1. The first kappa shape index (κ1) is 22.9. The van der Waals surface area contributed by atoms with Gasteiger partial charge in [-0.05, 0) is 44.4 Å². The summed E-state index contributed by atoms with van der Waals surface area (Å²) in [7, 11) is 3.49. The van der Waals surface area contributed by atoms with E-state index in [4.69, 9.17) is 4.74 Å². The molecule has 1 aromatic carbocycles. The number of nitriles is 1. The molecule has 2 aromatic heterocycles. The number of hydrogen-bond acceptors (Lipinski definition) is 6. The van der Waals surface area contributed by atoms with Gasteiger partial charge in [0.1, 0.15) is 17.6 Å². The Balaban J connectivity index is 1.51. The molecule has 1 amide bonds. The van der Waals surface area contributed by atoms with Gasteiger partial charge in [0, 0.05) is 18.8 Å². The zero-order chi connectivity index (χ0) is 23.5. The number of anilines is 1. The summed E-state index contributed by atoms with van der Waals surface area (Å²) < 4.78 is 9.45. The van der Waals surface area contributed by atoms with Crippen LogP contribution in [0.15, 0.2) is 29.4 Å². The molecular weight excluding hydrogens is 436 g/mol. The Morgan fingerprint density at radius 3 is 2.70 bits per heavy atom. The number of rotatable bonds is 7. The summed E-state index contributed by atoms with van der Waals surface area (Å²) in [6.07, 6.45) is 4.49.